The number of methoxy groups -OCH3 is 2. The number of allylic oxidation sites excluding steroid dienone is 3. The fraction of sp³-hybridized carbons (Fsp3) is 0.538. The molecule has 0 bridgehead atoms. The van der Waals surface area contributed by atoms with Gasteiger partial charge in [0, 0.05) is 24.8 Å². The number of cyclic esters (lactones) is 1. The van der Waals surface area contributed by atoms with E-state index in [1.54, 1.807) is 14.2 Å². The van der Waals surface area contributed by atoms with E-state index in [9.17, 15) is 14.7 Å². The number of rotatable bonds is 15. The van der Waals surface area contributed by atoms with E-state index in [1.165, 1.54) is 0 Å². The van der Waals surface area contributed by atoms with Crippen LogP contribution in [0.2, 0.25) is 0 Å². The zero-order valence-corrected chi connectivity index (χ0v) is 21.3. The molecule has 1 aromatic rings. The molecule has 0 amide bonds. The van der Waals surface area contributed by atoms with Gasteiger partial charge in [-0.1, -0.05) is 23.3 Å². The van der Waals surface area contributed by atoms with Crippen molar-refractivity contribution >= 4 is 11.9 Å². The highest BCUT2D eigenvalue weighted by molar-refractivity contribution is 5.98. The average Bonchev–Trinajstić information content (AvgIpc) is 3.20. The molecule has 2 rings (SSSR count). The number of nitrogens with two attached hydrogens (primary N) is 1. The van der Waals surface area contributed by atoms with E-state index in [0.717, 1.165) is 22.3 Å². The van der Waals surface area contributed by atoms with Crippen LogP contribution in [0, 0.1) is 12.8 Å². The lowest BCUT2D eigenvalue weighted by Gasteiger charge is -2.20. The van der Waals surface area contributed by atoms with Crippen molar-refractivity contribution in [3.63, 3.8) is 0 Å². The van der Waals surface area contributed by atoms with Crippen molar-refractivity contribution in [2.45, 2.75) is 46.6 Å². The molecular weight excluding hydrogens is 454 g/mol. The van der Waals surface area contributed by atoms with Gasteiger partial charge < -0.3 is 34.5 Å². The number of ether oxygens (including phenoxy) is 5. The molecule has 0 saturated heterocycles. The van der Waals surface area contributed by atoms with Crippen LogP contribution in [0.1, 0.15) is 53.7 Å². The zero-order valence-electron chi connectivity index (χ0n) is 21.3. The Hall–Kier alpha value is -2.88. The highest BCUT2D eigenvalue weighted by Gasteiger charge is 2.33. The second-order valence-corrected chi connectivity index (χ2v) is 8.54. The molecule has 1 heterocycles. The van der Waals surface area contributed by atoms with E-state index in [-0.39, 0.29) is 13.4 Å². The Balaban J connectivity index is 2.35. The molecule has 0 aromatic heterocycles. The van der Waals surface area contributed by atoms with Crippen molar-refractivity contribution in [3.8, 4) is 11.5 Å². The van der Waals surface area contributed by atoms with Crippen LogP contribution in [0.25, 0.3) is 0 Å². The minimum absolute atomic E-state index is 0.0706. The van der Waals surface area contributed by atoms with Crippen LogP contribution < -0.4 is 15.2 Å². The normalized spacial score (nSPS) is 14.5. The average molecular weight is 492 g/mol. The number of esters is 1. The molecule has 35 heavy (non-hydrogen) atoms. The van der Waals surface area contributed by atoms with Crippen molar-refractivity contribution in [1.82, 2.24) is 0 Å². The van der Waals surface area contributed by atoms with Crippen LogP contribution in [0.4, 0.5) is 0 Å². The number of carbonyl (C=O) groups is 2. The third kappa shape index (κ3) is 7.55. The molecule has 194 valence electrons. The molecule has 1 aliphatic heterocycles. The topological polar surface area (TPSA) is 127 Å². The minimum Gasteiger partial charge on any atom is -0.496 e. The molecular formula is C26H37NO8. The first-order valence-corrected chi connectivity index (χ1v) is 11.6. The fourth-order valence-electron chi connectivity index (χ4n) is 4.14. The van der Waals surface area contributed by atoms with E-state index >= 15 is 0 Å². The first-order chi connectivity index (χ1) is 16.7. The second-order valence-electron chi connectivity index (χ2n) is 8.54. The number of carboxylic acid groups (broad SMARTS) is 1. The molecule has 1 aromatic carbocycles. The number of aliphatic carboxylic acids is 1. The molecule has 0 saturated carbocycles. The van der Waals surface area contributed by atoms with Gasteiger partial charge in [-0.25, -0.2) is 4.79 Å². The van der Waals surface area contributed by atoms with Gasteiger partial charge >= 0.3 is 11.9 Å². The number of carbonyl (C=O) groups excluding carboxylic acids is 1. The zero-order chi connectivity index (χ0) is 26.0. The summed E-state index contributed by atoms with van der Waals surface area (Å²) in [6.45, 7) is 6.89. The van der Waals surface area contributed by atoms with E-state index in [4.69, 9.17) is 29.4 Å². The van der Waals surface area contributed by atoms with Crippen molar-refractivity contribution in [3.05, 3.63) is 45.6 Å². The Kier molecular flexibility index (Phi) is 11.2. The van der Waals surface area contributed by atoms with E-state index < -0.39 is 17.9 Å². The van der Waals surface area contributed by atoms with Crippen molar-refractivity contribution < 1.29 is 38.4 Å². The van der Waals surface area contributed by atoms with Crippen LogP contribution in [-0.4, -0.2) is 57.8 Å². The fourth-order valence-corrected chi connectivity index (χ4v) is 4.14. The number of hydrogen-bond acceptors (Lipinski definition) is 8. The predicted molar refractivity (Wildman–Crippen MR) is 131 cm³/mol. The number of fused-ring (bicyclic) bond motifs is 1. The molecule has 1 aliphatic rings. The molecule has 0 spiro atoms. The Labute approximate surface area is 206 Å². The van der Waals surface area contributed by atoms with Gasteiger partial charge in [0.2, 0.25) is 0 Å². The van der Waals surface area contributed by atoms with Gasteiger partial charge in [0.25, 0.3) is 0 Å². The lowest BCUT2D eigenvalue weighted by Crippen LogP contribution is -2.15. The molecule has 0 radical (unpaired) electrons. The first-order valence-electron chi connectivity index (χ1n) is 11.6. The molecule has 9 heteroatoms. The van der Waals surface area contributed by atoms with Gasteiger partial charge in [-0.2, -0.15) is 0 Å². The highest BCUT2D eigenvalue weighted by atomic mass is 16.7. The van der Waals surface area contributed by atoms with Gasteiger partial charge in [-0.3, -0.25) is 4.79 Å². The van der Waals surface area contributed by atoms with Crippen LogP contribution >= 0.6 is 0 Å². The Morgan fingerprint density at radius 2 is 1.83 bits per heavy atom. The minimum atomic E-state index is -0.853. The summed E-state index contributed by atoms with van der Waals surface area (Å²) in [6.07, 6.45) is 4.98. The van der Waals surface area contributed by atoms with E-state index in [1.807, 2.05) is 32.9 Å². The summed E-state index contributed by atoms with van der Waals surface area (Å²) in [7, 11) is 3.15. The number of hydrogen-bond donors (Lipinski definition) is 2. The van der Waals surface area contributed by atoms with Crippen molar-refractivity contribution in [2.24, 2.45) is 11.7 Å². The monoisotopic (exact) mass is 491 g/mol. The molecule has 3 N–H and O–H groups in total. The summed E-state index contributed by atoms with van der Waals surface area (Å²) >= 11 is 0. The molecule has 0 aliphatic carbocycles. The largest absolute Gasteiger partial charge is 0.496 e. The van der Waals surface area contributed by atoms with Crippen molar-refractivity contribution in [2.75, 3.05) is 40.8 Å². The smallest absolute Gasteiger partial charge is 0.342 e. The van der Waals surface area contributed by atoms with Crippen LogP contribution in [0.3, 0.4) is 0 Å². The third-order valence-electron chi connectivity index (χ3n) is 5.95. The highest BCUT2D eigenvalue weighted by Crippen LogP contribution is 2.43. The van der Waals surface area contributed by atoms with E-state index in [2.05, 4.69) is 0 Å². The van der Waals surface area contributed by atoms with Gasteiger partial charge in [-0.15, -0.1) is 0 Å². The number of benzene rings is 1. The lowest BCUT2D eigenvalue weighted by atomic mass is 9.91. The van der Waals surface area contributed by atoms with Crippen molar-refractivity contribution in [1.29, 1.82) is 0 Å². The summed E-state index contributed by atoms with van der Waals surface area (Å²) in [5.41, 5.74) is 10.0. The summed E-state index contributed by atoms with van der Waals surface area (Å²) in [4.78, 5) is 24.3. The predicted octanol–water partition coefficient (Wildman–Crippen LogP) is 3.55. The van der Waals surface area contributed by atoms with Crippen LogP contribution in [-0.2, 0) is 32.0 Å². The maximum atomic E-state index is 12.5. The molecule has 1 unspecified atom stereocenters. The summed E-state index contributed by atoms with van der Waals surface area (Å²) in [5.74, 6) is -0.892. The standard InChI is InChI=1S/C26H37NO8/c1-16(12-19(25(28)29)13-17(2)8-9-27)6-7-20-23(32-5)18(3)21-14-34-26(30)22(21)24(20)35-15-33-11-10-31-4/h6,8,19H,7,9-15,27H2,1-5H3,(H,28,29)/b16-6+,17-8+. The maximum absolute atomic E-state index is 12.5. The third-order valence-corrected chi connectivity index (χ3v) is 5.95. The molecule has 0 fully saturated rings. The SMILES string of the molecule is COCCOCOc1c(C/C=C(\C)CC(C/C(C)=C/CN)C(=O)O)c(OC)c(C)c2c1C(=O)OC2. The lowest BCUT2D eigenvalue weighted by molar-refractivity contribution is -0.141. The van der Waals surface area contributed by atoms with Crippen LogP contribution in [0.5, 0.6) is 11.5 Å². The van der Waals surface area contributed by atoms with Gasteiger partial charge in [-0.05, 0) is 45.6 Å². The van der Waals surface area contributed by atoms with Crippen LogP contribution in [0.15, 0.2) is 23.3 Å². The van der Waals surface area contributed by atoms with Gasteiger partial charge in [0.15, 0.2) is 6.79 Å². The molecule has 1 atom stereocenters. The summed E-state index contributed by atoms with van der Waals surface area (Å²) in [5, 5.41) is 9.68. The Bertz CT molecular complexity index is 967. The van der Waals surface area contributed by atoms with E-state index in [0.29, 0.717) is 61.6 Å². The maximum Gasteiger partial charge on any atom is 0.342 e. The Morgan fingerprint density at radius 1 is 1.14 bits per heavy atom. The number of carboxylic acids is 1. The quantitative estimate of drug-likeness (QED) is 0.164. The summed E-state index contributed by atoms with van der Waals surface area (Å²) in [6, 6.07) is 0. The van der Waals surface area contributed by atoms with Gasteiger partial charge in [0.05, 0.1) is 26.2 Å². The Morgan fingerprint density at radius 3 is 2.43 bits per heavy atom. The molecule has 9 nitrogen and oxygen atoms in total. The van der Waals surface area contributed by atoms with Gasteiger partial charge in [0.1, 0.15) is 23.7 Å². The first kappa shape index (κ1) is 28.4. The summed E-state index contributed by atoms with van der Waals surface area (Å²) < 4.78 is 27.3. The second kappa shape index (κ2) is 13.9.